The van der Waals surface area contributed by atoms with Crippen LogP contribution in [0, 0.1) is 17.2 Å². The van der Waals surface area contributed by atoms with Crippen LogP contribution in [-0.4, -0.2) is 51.7 Å². The highest BCUT2D eigenvalue weighted by Crippen LogP contribution is 2.26. The molecule has 0 aliphatic carbocycles. The molecule has 2 fully saturated rings. The normalized spacial score (nSPS) is 24.6. The third-order valence-electron chi connectivity index (χ3n) is 5.20. The summed E-state index contributed by atoms with van der Waals surface area (Å²) in [6.07, 6.45) is 0.723. The van der Waals surface area contributed by atoms with E-state index in [1.165, 1.54) is 0 Å². The van der Waals surface area contributed by atoms with Crippen molar-refractivity contribution in [3.63, 3.8) is 0 Å². The zero-order valence-corrected chi connectivity index (χ0v) is 16.7. The Bertz CT molecular complexity index is 947. The van der Waals surface area contributed by atoms with E-state index in [4.69, 9.17) is 16.6 Å². The minimum absolute atomic E-state index is 0.0610. The van der Waals surface area contributed by atoms with Crippen molar-refractivity contribution >= 4 is 51.5 Å². The molecule has 3 atom stereocenters. The van der Waals surface area contributed by atoms with Gasteiger partial charge in [-0.05, 0) is 12.1 Å². The second-order valence-electron chi connectivity index (χ2n) is 6.97. The van der Waals surface area contributed by atoms with Crippen LogP contribution in [0.3, 0.4) is 0 Å². The number of hydrogen-bond donors (Lipinski definition) is 1. The first-order valence-corrected chi connectivity index (χ1v) is 10.7. The molecule has 1 amide bonds. The zero-order valence-electron chi connectivity index (χ0n) is 15.1. The first kappa shape index (κ1) is 19.1. The molecule has 2 aromatic rings. The first-order chi connectivity index (χ1) is 13.6. The van der Waals surface area contributed by atoms with Gasteiger partial charge >= 0.3 is 0 Å². The smallest absolute Gasteiger partial charge is 0.242 e. The van der Waals surface area contributed by atoms with Crippen LogP contribution < -0.4 is 5.32 Å². The third kappa shape index (κ3) is 3.58. The van der Waals surface area contributed by atoms with Crippen LogP contribution in [0.1, 0.15) is 12.2 Å². The Morgan fingerprint density at radius 2 is 2.21 bits per heavy atom. The molecule has 0 bridgehead atoms. The molecule has 0 radical (unpaired) electrons. The van der Waals surface area contributed by atoms with E-state index in [1.54, 1.807) is 16.7 Å². The number of carbonyl (C=O) groups excluding carboxylic acids is 2. The van der Waals surface area contributed by atoms with Crippen molar-refractivity contribution in [2.75, 3.05) is 18.2 Å². The molecule has 8 heteroatoms. The summed E-state index contributed by atoms with van der Waals surface area (Å²) in [6.45, 7) is 0.366. The van der Waals surface area contributed by atoms with Gasteiger partial charge in [0.1, 0.15) is 29.2 Å². The summed E-state index contributed by atoms with van der Waals surface area (Å²) in [4.78, 5) is 28.0. The fourth-order valence-corrected chi connectivity index (χ4v) is 5.16. The molecule has 3 heterocycles. The van der Waals surface area contributed by atoms with Crippen LogP contribution in [-0.2, 0) is 16.0 Å². The lowest BCUT2D eigenvalue weighted by molar-refractivity contribution is -0.136. The Morgan fingerprint density at radius 1 is 1.39 bits per heavy atom. The van der Waals surface area contributed by atoms with Crippen LogP contribution in [0.5, 0.6) is 0 Å². The molecule has 1 aromatic heterocycles. The van der Waals surface area contributed by atoms with Gasteiger partial charge in [-0.25, -0.2) is 0 Å². The number of carbonyl (C=O) groups is 2. The van der Waals surface area contributed by atoms with Crippen LogP contribution in [0.15, 0.2) is 34.7 Å². The zero-order chi connectivity index (χ0) is 19.7. The van der Waals surface area contributed by atoms with E-state index in [2.05, 4.69) is 11.4 Å². The minimum Gasteiger partial charge on any atom is -0.461 e. The summed E-state index contributed by atoms with van der Waals surface area (Å²) in [6, 6.07) is 10.7. The molecule has 4 rings (SSSR count). The number of nitrogens with one attached hydrogen (secondary N) is 1. The lowest BCUT2D eigenvalue weighted by Gasteiger charge is -2.25. The number of para-hydroxylation sites is 1. The van der Waals surface area contributed by atoms with Crippen molar-refractivity contribution in [3.05, 3.63) is 36.1 Å². The number of thioether (sulfide) groups is 1. The molecule has 1 unspecified atom stereocenters. The maximum absolute atomic E-state index is 12.9. The van der Waals surface area contributed by atoms with Gasteiger partial charge in [0, 0.05) is 35.4 Å². The van der Waals surface area contributed by atoms with Gasteiger partial charge in [-0.2, -0.15) is 5.26 Å². The van der Waals surface area contributed by atoms with E-state index in [-0.39, 0.29) is 18.1 Å². The Morgan fingerprint density at radius 3 is 3.00 bits per heavy atom. The second kappa shape index (κ2) is 8.03. The highest BCUT2D eigenvalue weighted by molar-refractivity contribution is 7.99. The molecular weight excluding hydrogens is 394 g/mol. The number of furan rings is 1. The highest BCUT2D eigenvalue weighted by atomic mass is 32.2. The van der Waals surface area contributed by atoms with Gasteiger partial charge in [-0.3, -0.25) is 9.59 Å². The van der Waals surface area contributed by atoms with Crippen LogP contribution in [0.2, 0.25) is 0 Å². The fraction of sp³-hybridized carbons (Fsp3) is 0.400. The van der Waals surface area contributed by atoms with E-state index >= 15 is 0 Å². The summed E-state index contributed by atoms with van der Waals surface area (Å²) in [5.41, 5.74) is 0.796. The summed E-state index contributed by atoms with van der Waals surface area (Å²) in [7, 11) is 0. The van der Waals surface area contributed by atoms with E-state index in [1.807, 2.05) is 30.3 Å². The molecule has 6 nitrogen and oxygen atoms in total. The third-order valence-corrected chi connectivity index (χ3v) is 6.61. The molecule has 2 saturated heterocycles. The summed E-state index contributed by atoms with van der Waals surface area (Å²) in [5.74, 6) is 0.922. The van der Waals surface area contributed by atoms with Gasteiger partial charge < -0.3 is 14.6 Å². The SMILES string of the molecule is N#C[C@@H]1CSCN1C(=O)[C@H]1NCC(=S)C1C(=O)CCc1cc2ccccc2o1. The summed E-state index contributed by atoms with van der Waals surface area (Å²) in [5, 5.41) is 13.3. The van der Waals surface area contributed by atoms with Gasteiger partial charge in [0.2, 0.25) is 5.91 Å². The van der Waals surface area contributed by atoms with Crippen LogP contribution in [0.25, 0.3) is 11.0 Å². The largest absolute Gasteiger partial charge is 0.461 e. The van der Waals surface area contributed by atoms with Crippen molar-refractivity contribution < 1.29 is 14.0 Å². The van der Waals surface area contributed by atoms with Crippen molar-refractivity contribution in [1.29, 1.82) is 5.26 Å². The number of nitrogens with zero attached hydrogens (tertiary/aromatic N) is 2. The van der Waals surface area contributed by atoms with Crippen molar-refractivity contribution in [1.82, 2.24) is 10.2 Å². The highest BCUT2D eigenvalue weighted by Gasteiger charge is 2.44. The molecule has 2 aliphatic heterocycles. The van der Waals surface area contributed by atoms with Crippen molar-refractivity contribution in [3.8, 4) is 6.07 Å². The maximum atomic E-state index is 12.9. The molecule has 0 saturated carbocycles. The predicted octanol–water partition coefficient (Wildman–Crippen LogP) is 2.32. The second-order valence-corrected chi connectivity index (χ2v) is 8.50. The van der Waals surface area contributed by atoms with Crippen LogP contribution in [0.4, 0.5) is 0 Å². The van der Waals surface area contributed by atoms with Gasteiger partial charge in [-0.1, -0.05) is 30.4 Å². The standard InChI is InChI=1S/C20H19N3O3S2/c21-8-13-10-28-11-23(13)20(25)19-18(17(27)9-22-19)15(24)6-5-14-7-12-3-1-2-4-16(12)26-14/h1-4,7,13,18-19,22H,5-6,9-11H2/t13-,18?,19+/m1/s1. The number of benzene rings is 1. The number of amides is 1. The predicted molar refractivity (Wildman–Crippen MR) is 111 cm³/mol. The van der Waals surface area contributed by atoms with Gasteiger partial charge in [0.15, 0.2) is 0 Å². The Hall–Kier alpha value is -2.21. The molecule has 28 heavy (non-hydrogen) atoms. The number of ketones is 1. The van der Waals surface area contributed by atoms with E-state index < -0.39 is 18.0 Å². The Labute approximate surface area is 172 Å². The van der Waals surface area contributed by atoms with E-state index in [0.717, 1.165) is 16.7 Å². The summed E-state index contributed by atoms with van der Waals surface area (Å²) >= 11 is 6.93. The van der Waals surface area contributed by atoms with Crippen molar-refractivity contribution in [2.45, 2.75) is 24.9 Å². The summed E-state index contributed by atoms with van der Waals surface area (Å²) < 4.78 is 5.78. The average Bonchev–Trinajstić information content (AvgIpc) is 3.42. The van der Waals surface area contributed by atoms with E-state index in [9.17, 15) is 14.9 Å². The van der Waals surface area contributed by atoms with Crippen molar-refractivity contribution in [2.24, 2.45) is 5.92 Å². The number of nitriles is 1. The lowest BCUT2D eigenvalue weighted by atomic mass is 9.91. The lowest BCUT2D eigenvalue weighted by Crippen LogP contribution is -2.50. The van der Waals surface area contributed by atoms with Gasteiger partial charge in [-0.15, -0.1) is 11.8 Å². The maximum Gasteiger partial charge on any atom is 0.242 e. The Balaban J connectivity index is 1.44. The molecule has 1 N–H and O–H groups in total. The Kier molecular flexibility index (Phi) is 5.49. The van der Waals surface area contributed by atoms with Crippen LogP contribution >= 0.6 is 24.0 Å². The monoisotopic (exact) mass is 413 g/mol. The topological polar surface area (TPSA) is 86.3 Å². The molecule has 2 aliphatic rings. The number of rotatable bonds is 5. The fourth-order valence-electron chi connectivity index (χ4n) is 3.73. The molecule has 1 aromatic carbocycles. The van der Waals surface area contributed by atoms with E-state index in [0.29, 0.717) is 29.5 Å². The minimum atomic E-state index is -0.676. The van der Waals surface area contributed by atoms with Gasteiger partial charge in [0.05, 0.1) is 17.9 Å². The number of fused-ring (bicyclic) bond motifs is 1. The quantitative estimate of drug-likeness (QED) is 0.753. The molecular formula is C20H19N3O3S2. The average molecular weight is 414 g/mol. The number of hydrogen-bond acceptors (Lipinski definition) is 7. The van der Waals surface area contributed by atoms with Gasteiger partial charge in [0.25, 0.3) is 0 Å². The molecule has 0 spiro atoms. The number of aryl methyl sites for hydroxylation is 1. The number of thiocarbonyl (C=S) groups is 1. The molecule has 144 valence electrons. The first-order valence-electron chi connectivity index (χ1n) is 9.12. The number of Topliss-reactive ketones (excluding diaryl/α,β-unsaturated/α-hetero) is 1.